The van der Waals surface area contributed by atoms with Crippen LogP contribution < -0.4 is 5.32 Å². The van der Waals surface area contributed by atoms with Gasteiger partial charge in [0.25, 0.3) is 0 Å². The monoisotopic (exact) mass is 290 g/mol. The molecule has 0 unspecified atom stereocenters. The number of esters is 1. The molecule has 1 N–H and O–H groups in total. The van der Waals surface area contributed by atoms with Gasteiger partial charge in [-0.15, -0.1) is 0 Å². The van der Waals surface area contributed by atoms with Gasteiger partial charge in [-0.25, -0.2) is 9.78 Å². The number of aryl methyl sites for hydroxylation is 1. The van der Waals surface area contributed by atoms with E-state index in [-0.39, 0.29) is 5.97 Å². The number of ether oxygens (including phenoxy) is 1. The van der Waals surface area contributed by atoms with Crippen LogP contribution in [0.4, 0.5) is 10.8 Å². The minimum Gasteiger partial charge on any atom is -0.465 e. The van der Waals surface area contributed by atoms with Gasteiger partial charge in [0.05, 0.1) is 12.8 Å². The molecule has 1 aromatic carbocycles. The van der Waals surface area contributed by atoms with Crippen LogP contribution in [0.15, 0.2) is 24.3 Å². The average molecular weight is 290 g/mol. The van der Waals surface area contributed by atoms with Gasteiger partial charge in [-0.1, -0.05) is 37.3 Å². The van der Waals surface area contributed by atoms with Crippen molar-refractivity contribution in [3.05, 3.63) is 40.4 Å². The largest absolute Gasteiger partial charge is 0.465 e. The lowest BCUT2D eigenvalue weighted by atomic mass is 10.0. The maximum absolute atomic E-state index is 11.5. The van der Waals surface area contributed by atoms with Crippen LogP contribution in [0.25, 0.3) is 0 Å². The van der Waals surface area contributed by atoms with Gasteiger partial charge in [-0.3, -0.25) is 0 Å². The molecular weight excluding hydrogens is 272 g/mol. The summed E-state index contributed by atoms with van der Waals surface area (Å²) in [4.78, 5) is 16.4. The minimum absolute atomic E-state index is 0.344. The zero-order valence-electron chi connectivity index (χ0n) is 12.1. The lowest BCUT2D eigenvalue weighted by molar-refractivity contribution is 0.0605. The van der Waals surface area contributed by atoms with Crippen molar-refractivity contribution in [1.29, 1.82) is 0 Å². The van der Waals surface area contributed by atoms with E-state index in [0.29, 0.717) is 21.6 Å². The molecule has 2 rings (SSSR count). The molecule has 2 aromatic rings. The Kier molecular flexibility index (Phi) is 4.39. The number of anilines is 2. The SMILES string of the molecule is COC(=O)c1sc(Nc2ccc(C(C)C)cc2)nc1C. The average Bonchev–Trinajstić information content (AvgIpc) is 2.79. The number of thiazole rings is 1. The van der Waals surface area contributed by atoms with E-state index >= 15 is 0 Å². The third-order valence-electron chi connectivity index (χ3n) is 3.00. The molecule has 0 bridgehead atoms. The summed E-state index contributed by atoms with van der Waals surface area (Å²) in [5.41, 5.74) is 2.93. The fourth-order valence-corrected chi connectivity index (χ4v) is 2.71. The van der Waals surface area contributed by atoms with E-state index in [4.69, 9.17) is 4.74 Å². The first-order valence-electron chi connectivity index (χ1n) is 6.44. The normalized spacial score (nSPS) is 10.7. The van der Waals surface area contributed by atoms with Crippen molar-refractivity contribution in [3.63, 3.8) is 0 Å². The molecule has 20 heavy (non-hydrogen) atoms. The highest BCUT2D eigenvalue weighted by Gasteiger charge is 2.15. The summed E-state index contributed by atoms with van der Waals surface area (Å²) in [6, 6.07) is 8.22. The third kappa shape index (κ3) is 3.17. The van der Waals surface area contributed by atoms with Gasteiger partial charge in [0.1, 0.15) is 4.88 Å². The Morgan fingerprint density at radius 2 is 1.95 bits per heavy atom. The third-order valence-corrected chi connectivity index (χ3v) is 4.05. The maximum atomic E-state index is 11.5. The number of hydrogen-bond acceptors (Lipinski definition) is 5. The van der Waals surface area contributed by atoms with E-state index in [1.54, 1.807) is 6.92 Å². The number of aromatic nitrogens is 1. The number of methoxy groups -OCH3 is 1. The second-order valence-corrected chi connectivity index (χ2v) is 5.83. The van der Waals surface area contributed by atoms with Crippen molar-refractivity contribution >= 4 is 28.1 Å². The standard InChI is InChI=1S/C15H18N2O2S/c1-9(2)11-5-7-12(8-6-11)17-15-16-10(3)13(20-15)14(18)19-4/h5-9H,1-4H3,(H,16,17). The summed E-state index contributed by atoms with van der Waals surface area (Å²) < 4.78 is 4.73. The number of hydrogen-bond donors (Lipinski definition) is 1. The van der Waals surface area contributed by atoms with Crippen molar-refractivity contribution < 1.29 is 9.53 Å². The van der Waals surface area contributed by atoms with Crippen LogP contribution in [0.3, 0.4) is 0 Å². The second kappa shape index (κ2) is 6.05. The Hall–Kier alpha value is -1.88. The first-order chi connectivity index (χ1) is 9.51. The molecule has 0 aliphatic carbocycles. The number of nitrogens with zero attached hydrogens (tertiary/aromatic N) is 1. The number of carbonyl (C=O) groups is 1. The fourth-order valence-electron chi connectivity index (χ4n) is 1.81. The molecule has 0 fully saturated rings. The Bertz CT molecular complexity index is 603. The summed E-state index contributed by atoms with van der Waals surface area (Å²) >= 11 is 1.30. The highest BCUT2D eigenvalue weighted by atomic mass is 32.1. The van der Waals surface area contributed by atoms with Gasteiger partial charge in [-0.05, 0) is 30.5 Å². The summed E-state index contributed by atoms with van der Waals surface area (Å²) in [5.74, 6) is 0.167. The first kappa shape index (κ1) is 14.5. The molecule has 0 aliphatic heterocycles. The van der Waals surface area contributed by atoms with Crippen molar-refractivity contribution in [3.8, 4) is 0 Å². The highest BCUT2D eigenvalue weighted by Crippen LogP contribution is 2.27. The molecule has 5 heteroatoms. The molecule has 4 nitrogen and oxygen atoms in total. The smallest absolute Gasteiger partial charge is 0.350 e. The maximum Gasteiger partial charge on any atom is 0.350 e. The highest BCUT2D eigenvalue weighted by molar-refractivity contribution is 7.17. The topological polar surface area (TPSA) is 51.2 Å². The van der Waals surface area contributed by atoms with Gasteiger partial charge in [0, 0.05) is 5.69 Å². The quantitative estimate of drug-likeness (QED) is 0.861. The Morgan fingerprint density at radius 3 is 2.50 bits per heavy atom. The predicted molar refractivity (Wildman–Crippen MR) is 82.0 cm³/mol. The molecule has 1 heterocycles. The predicted octanol–water partition coefficient (Wildman–Crippen LogP) is 4.11. The van der Waals surface area contributed by atoms with E-state index in [2.05, 4.69) is 36.3 Å². The number of benzene rings is 1. The molecule has 0 amide bonds. The Balaban J connectivity index is 2.16. The van der Waals surface area contributed by atoms with Crippen LogP contribution in [0.1, 0.15) is 40.7 Å². The second-order valence-electron chi connectivity index (χ2n) is 4.83. The van der Waals surface area contributed by atoms with E-state index in [9.17, 15) is 4.79 Å². The summed E-state index contributed by atoms with van der Waals surface area (Å²) in [7, 11) is 1.37. The van der Waals surface area contributed by atoms with Gasteiger partial charge in [0.2, 0.25) is 0 Å². The number of nitrogens with one attached hydrogen (secondary N) is 1. The van der Waals surface area contributed by atoms with Crippen molar-refractivity contribution in [2.24, 2.45) is 0 Å². The number of rotatable bonds is 4. The van der Waals surface area contributed by atoms with Gasteiger partial charge >= 0.3 is 5.97 Å². The summed E-state index contributed by atoms with van der Waals surface area (Å²) in [6.07, 6.45) is 0. The molecule has 106 valence electrons. The number of carbonyl (C=O) groups excluding carboxylic acids is 1. The zero-order valence-corrected chi connectivity index (χ0v) is 12.9. The van der Waals surface area contributed by atoms with Crippen LogP contribution in [-0.4, -0.2) is 18.1 Å². The van der Waals surface area contributed by atoms with Crippen molar-refractivity contribution in [1.82, 2.24) is 4.98 Å². The van der Waals surface area contributed by atoms with Gasteiger partial charge in [0.15, 0.2) is 5.13 Å². The molecule has 0 radical (unpaired) electrons. The lowest BCUT2D eigenvalue weighted by Gasteiger charge is -2.07. The lowest BCUT2D eigenvalue weighted by Crippen LogP contribution is -1.99. The molecule has 1 aromatic heterocycles. The van der Waals surface area contributed by atoms with E-state index in [1.165, 1.54) is 24.0 Å². The summed E-state index contributed by atoms with van der Waals surface area (Å²) in [5, 5.41) is 3.90. The van der Waals surface area contributed by atoms with Gasteiger partial charge in [-0.2, -0.15) is 0 Å². The molecule has 0 saturated heterocycles. The zero-order chi connectivity index (χ0) is 14.7. The van der Waals surface area contributed by atoms with E-state index < -0.39 is 0 Å². The van der Waals surface area contributed by atoms with Crippen LogP contribution in [0.2, 0.25) is 0 Å². The van der Waals surface area contributed by atoms with Crippen molar-refractivity contribution in [2.45, 2.75) is 26.7 Å². The molecule has 0 atom stereocenters. The van der Waals surface area contributed by atoms with Crippen LogP contribution >= 0.6 is 11.3 Å². The van der Waals surface area contributed by atoms with E-state index in [0.717, 1.165) is 5.69 Å². The molecular formula is C15H18N2O2S. The van der Waals surface area contributed by atoms with Crippen LogP contribution in [0, 0.1) is 6.92 Å². The summed E-state index contributed by atoms with van der Waals surface area (Å²) in [6.45, 7) is 6.13. The Morgan fingerprint density at radius 1 is 1.30 bits per heavy atom. The van der Waals surface area contributed by atoms with Crippen LogP contribution in [-0.2, 0) is 4.74 Å². The van der Waals surface area contributed by atoms with E-state index in [1.807, 2.05) is 12.1 Å². The molecule has 0 spiro atoms. The van der Waals surface area contributed by atoms with Gasteiger partial charge < -0.3 is 10.1 Å². The van der Waals surface area contributed by atoms with Crippen LogP contribution in [0.5, 0.6) is 0 Å². The molecule has 0 aliphatic rings. The molecule has 0 saturated carbocycles. The minimum atomic E-state index is -0.344. The fraction of sp³-hybridized carbons (Fsp3) is 0.333. The first-order valence-corrected chi connectivity index (χ1v) is 7.25. The Labute approximate surface area is 122 Å². The van der Waals surface area contributed by atoms with Crippen molar-refractivity contribution in [2.75, 3.05) is 12.4 Å².